The number of rotatable bonds is 11. The molecule has 0 N–H and O–H groups in total. The quantitative estimate of drug-likeness (QED) is 0.381. The van der Waals surface area contributed by atoms with E-state index >= 15 is 0 Å². The Morgan fingerprint density at radius 3 is 1.80 bits per heavy atom. The van der Waals surface area contributed by atoms with Crippen LogP contribution in [0.25, 0.3) is 0 Å². The Labute approximate surface area is 127 Å². The van der Waals surface area contributed by atoms with Crippen molar-refractivity contribution in [3.63, 3.8) is 0 Å². The molecule has 3 fully saturated rings. The first kappa shape index (κ1) is 14.9. The van der Waals surface area contributed by atoms with Crippen molar-refractivity contribution in [2.45, 2.75) is 90.9 Å². The SMILES string of the molecule is CCCCCCCC1CC1CC1CC1CC1CC1CC. The Bertz CT molecular complexity index is 294. The zero-order valence-corrected chi connectivity index (χ0v) is 13.9. The molecule has 0 radical (unpaired) electrons. The zero-order chi connectivity index (χ0) is 13.9. The van der Waals surface area contributed by atoms with E-state index in [2.05, 4.69) is 13.8 Å². The molecule has 0 heterocycles. The molecule has 6 atom stereocenters. The summed E-state index contributed by atoms with van der Waals surface area (Å²) in [6.07, 6.45) is 18.4. The predicted molar refractivity (Wildman–Crippen MR) is 87.7 cm³/mol. The lowest BCUT2D eigenvalue weighted by Crippen LogP contribution is -1.91. The van der Waals surface area contributed by atoms with Crippen LogP contribution in [0, 0.1) is 35.5 Å². The second-order valence-corrected chi connectivity index (χ2v) is 8.35. The molecule has 6 unspecified atom stereocenters. The van der Waals surface area contributed by atoms with E-state index in [1.165, 1.54) is 50.4 Å². The van der Waals surface area contributed by atoms with Crippen molar-refractivity contribution in [2.75, 3.05) is 0 Å². The summed E-state index contributed by atoms with van der Waals surface area (Å²) in [5, 5.41) is 0. The molecule has 0 nitrogen and oxygen atoms in total. The number of hydrogen-bond acceptors (Lipinski definition) is 0. The normalized spacial score (nSPS) is 41.7. The van der Waals surface area contributed by atoms with Crippen LogP contribution >= 0.6 is 0 Å². The highest BCUT2D eigenvalue weighted by Gasteiger charge is 2.48. The van der Waals surface area contributed by atoms with E-state index in [0.717, 1.165) is 23.7 Å². The Kier molecular flexibility index (Phi) is 5.10. The second-order valence-electron chi connectivity index (χ2n) is 8.35. The first-order valence-electron chi connectivity index (χ1n) is 9.81. The minimum Gasteiger partial charge on any atom is -0.0654 e. The first-order chi connectivity index (χ1) is 9.81. The van der Waals surface area contributed by atoms with Gasteiger partial charge in [-0.3, -0.25) is 0 Å². The van der Waals surface area contributed by atoms with E-state index in [1.807, 2.05) is 0 Å². The molecular formula is C20H36. The summed E-state index contributed by atoms with van der Waals surface area (Å²) in [5.74, 6) is 6.95. The summed E-state index contributed by atoms with van der Waals surface area (Å²) >= 11 is 0. The Morgan fingerprint density at radius 1 is 0.600 bits per heavy atom. The molecule has 116 valence electrons. The van der Waals surface area contributed by atoms with E-state index in [0.29, 0.717) is 0 Å². The average molecular weight is 277 g/mol. The molecule has 0 spiro atoms. The van der Waals surface area contributed by atoms with Gasteiger partial charge in [0.1, 0.15) is 0 Å². The molecule has 0 aromatic carbocycles. The van der Waals surface area contributed by atoms with Gasteiger partial charge in [0.25, 0.3) is 0 Å². The van der Waals surface area contributed by atoms with Gasteiger partial charge in [-0.2, -0.15) is 0 Å². The van der Waals surface area contributed by atoms with Gasteiger partial charge in [-0.05, 0) is 67.6 Å². The Hall–Kier alpha value is 0. The Morgan fingerprint density at radius 2 is 1.15 bits per heavy atom. The van der Waals surface area contributed by atoms with Crippen molar-refractivity contribution in [1.29, 1.82) is 0 Å². The van der Waals surface area contributed by atoms with E-state index in [9.17, 15) is 0 Å². The predicted octanol–water partition coefficient (Wildman–Crippen LogP) is 6.45. The van der Waals surface area contributed by atoms with Crippen LogP contribution in [0.4, 0.5) is 0 Å². The third kappa shape index (κ3) is 4.25. The minimum absolute atomic E-state index is 1.13. The summed E-state index contributed by atoms with van der Waals surface area (Å²) in [6, 6.07) is 0. The molecule has 3 rings (SSSR count). The smallest absolute Gasteiger partial charge is 0.0380 e. The van der Waals surface area contributed by atoms with Crippen LogP contribution in [0.15, 0.2) is 0 Å². The highest BCUT2D eigenvalue weighted by Crippen LogP contribution is 2.58. The number of hydrogen-bond donors (Lipinski definition) is 0. The molecule has 3 aliphatic rings. The van der Waals surface area contributed by atoms with Gasteiger partial charge in [0, 0.05) is 0 Å². The molecule has 20 heavy (non-hydrogen) atoms. The molecule has 0 aromatic rings. The van der Waals surface area contributed by atoms with Gasteiger partial charge in [-0.25, -0.2) is 0 Å². The molecule has 0 saturated heterocycles. The lowest BCUT2D eigenvalue weighted by atomic mass is 10.0. The maximum absolute atomic E-state index is 2.38. The van der Waals surface area contributed by atoms with Gasteiger partial charge >= 0.3 is 0 Å². The maximum Gasteiger partial charge on any atom is -0.0380 e. The largest absolute Gasteiger partial charge is 0.0654 e. The van der Waals surface area contributed by atoms with Crippen molar-refractivity contribution in [1.82, 2.24) is 0 Å². The third-order valence-corrected chi connectivity index (χ3v) is 6.62. The highest BCUT2D eigenvalue weighted by atomic mass is 14.5. The van der Waals surface area contributed by atoms with Crippen LogP contribution in [0.5, 0.6) is 0 Å². The van der Waals surface area contributed by atoms with Gasteiger partial charge in [0.15, 0.2) is 0 Å². The maximum atomic E-state index is 2.38. The summed E-state index contributed by atoms with van der Waals surface area (Å²) < 4.78 is 0. The fourth-order valence-electron chi connectivity index (χ4n) is 4.73. The van der Waals surface area contributed by atoms with E-state index in [4.69, 9.17) is 0 Å². The fraction of sp³-hybridized carbons (Fsp3) is 1.00. The lowest BCUT2D eigenvalue weighted by Gasteiger charge is -2.02. The minimum atomic E-state index is 1.13. The molecule has 0 amide bonds. The monoisotopic (exact) mass is 276 g/mol. The van der Waals surface area contributed by atoms with Gasteiger partial charge in [0.05, 0.1) is 0 Å². The van der Waals surface area contributed by atoms with Crippen molar-refractivity contribution in [3.8, 4) is 0 Å². The van der Waals surface area contributed by atoms with E-state index in [-0.39, 0.29) is 0 Å². The molecule has 3 saturated carbocycles. The van der Waals surface area contributed by atoms with Crippen LogP contribution in [0.3, 0.4) is 0 Å². The van der Waals surface area contributed by atoms with Crippen molar-refractivity contribution < 1.29 is 0 Å². The summed E-state index contributed by atoms with van der Waals surface area (Å²) in [5.41, 5.74) is 0. The third-order valence-electron chi connectivity index (χ3n) is 6.62. The van der Waals surface area contributed by atoms with Crippen LogP contribution in [-0.4, -0.2) is 0 Å². The fourth-order valence-corrected chi connectivity index (χ4v) is 4.73. The molecule has 0 aromatic heterocycles. The summed E-state index contributed by atoms with van der Waals surface area (Å²) in [6.45, 7) is 4.69. The van der Waals surface area contributed by atoms with Gasteiger partial charge in [0.2, 0.25) is 0 Å². The van der Waals surface area contributed by atoms with Gasteiger partial charge in [-0.15, -0.1) is 0 Å². The summed E-state index contributed by atoms with van der Waals surface area (Å²) in [4.78, 5) is 0. The van der Waals surface area contributed by atoms with Crippen LogP contribution in [-0.2, 0) is 0 Å². The van der Waals surface area contributed by atoms with Crippen LogP contribution in [0.2, 0.25) is 0 Å². The average Bonchev–Trinajstić information content (AvgIpc) is 3.32. The molecular weight excluding hydrogens is 240 g/mol. The van der Waals surface area contributed by atoms with E-state index < -0.39 is 0 Å². The van der Waals surface area contributed by atoms with Crippen LogP contribution < -0.4 is 0 Å². The molecule has 0 bridgehead atoms. The van der Waals surface area contributed by atoms with Gasteiger partial charge < -0.3 is 0 Å². The van der Waals surface area contributed by atoms with Crippen LogP contribution in [0.1, 0.15) is 90.9 Å². The standard InChI is InChI=1S/C20H36/c1-3-5-6-7-8-9-16-11-18(16)13-20-14-19(20)12-17-10-15(17)4-2/h15-20H,3-14H2,1-2H3. The number of unbranched alkanes of at least 4 members (excludes halogenated alkanes) is 4. The highest BCUT2D eigenvalue weighted by molar-refractivity contribution is 4.98. The van der Waals surface area contributed by atoms with E-state index in [1.54, 1.807) is 38.5 Å². The first-order valence-corrected chi connectivity index (χ1v) is 9.81. The molecule has 0 aliphatic heterocycles. The molecule has 0 heteroatoms. The second kappa shape index (κ2) is 6.84. The molecule has 3 aliphatic carbocycles. The summed E-state index contributed by atoms with van der Waals surface area (Å²) in [7, 11) is 0. The zero-order valence-electron chi connectivity index (χ0n) is 13.9. The van der Waals surface area contributed by atoms with Crippen molar-refractivity contribution >= 4 is 0 Å². The van der Waals surface area contributed by atoms with Crippen molar-refractivity contribution in [3.05, 3.63) is 0 Å². The Balaban J connectivity index is 1.18. The topological polar surface area (TPSA) is 0 Å². The van der Waals surface area contributed by atoms with Gasteiger partial charge in [-0.1, -0.05) is 58.8 Å². The lowest BCUT2D eigenvalue weighted by molar-refractivity contribution is 0.494. The van der Waals surface area contributed by atoms with Crippen molar-refractivity contribution in [2.24, 2.45) is 35.5 Å².